The van der Waals surface area contributed by atoms with E-state index in [1.54, 1.807) is 30.3 Å². The molecule has 138 valence electrons. The first kappa shape index (κ1) is 19.2. The normalized spacial score (nSPS) is 11.6. The Morgan fingerprint density at radius 3 is 2.69 bits per heavy atom. The van der Waals surface area contributed by atoms with E-state index in [4.69, 9.17) is 14.4 Å². The molecule has 0 aliphatic carbocycles. The summed E-state index contributed by atoms with van der Waals surface area (Å²) in [4.78, 5) is 27.5. The number of aromatic nitrogens is 2. The van der Waals surface area contributed by atoms with Gasteiger partial charge in [-0.3, -0.25) is 4.79 Å². The summed E-state index contributed by atoms with van der Waals surface area (Å²) in [7, 11) is 0. The number of hydrogen-bond acceptors (Lipinski definition) is 6. The first-order valence-corrected chi connectivity index (χ1v) is 8.22. The average molecular weight is 359 g/mol. The van der Waals surface area contributed by atoms with E-state index in [1.165, 1.54) is 0 Å². The Labute approximate surface area is 150 Å². The first-order valence-electron chi connectivity index (χ1n) is 8.22. The molecular weight excluding hydrogens is 338 g/mol. The Kier molecular flexibility index (Phi) is 6.90. The van der Waals surface area contributed by atoms with Gasteiger partial charge in [0.25, 0.3) is 5.91 Å². The van der Waals surface area contributed by atoms with Crippen molar-refractivity contribution in [2.45, 2.75) is 38.8 Å². The summed E-state index contributed by atoms with van der Waals surface area (Å²) in [6.45, 7) is 5.61. The summed E-state index contributed by atoms with van der Waals surface area (Å²) < 4.78 is 10.5. The second-order valence-corrected chi connectivity index (χ2v) is 5.50. The molecule has 1 unspecified atom stereocenters. The lowest BCUT2D eigenvalue weighted by Crippen LogP contribution is -2.40. The lowest BCUT2D eigenvalue weighted by Gasteiger charge is -2.13. The molecule has 2 N–H and O–H groups in total. The highest BCUT2D eigenvalue weighted by atomic mass is 16.5. The van der Waals surface area contributed by atoms with E-state index in [-0.39, 0.29) is 13.0 Å². The van der Waals surface area contributed by atoms with Crippen molar-refractivity contribution >= 4 is 11.9 Å². The molecule has 0 fully saturated rings. The number of carboxylic acids is 1. The number of amides is 1. The van der Waals surface area contributed by atoms with E-state index in [2.05, 4.69) is 22.0 Å². The van der Waals surface area contributed by atoms with Gasteiger partial charge in [0.05, 0.1) is 0 Å². The molecule has 0 saturated heterocycles. The van der Waals surface area contributed by atoms with E-state index in [0.717, 1.165) is 0 Å². The van der Waals surface area contributed by atoms with Crippen molar-refractivity contribution in [3.8, 4) is 5.75 Å². The maximum atomic E-state index is 12.2. The summed E-state index contributed by atoms with van der Waals surface area (Å²) >= 11 is 0. The number of nitrogens with one attached hydrogen (secondary N) is 1. The maximum Gasteiger partial charge on any atom is 0.326 e. The molecule has 8 heteroatoms. The van der Waals surface area contributed by atoms with Crippen molar-refractivity contribution in [3.05, 3.63) is 54.2 Å². The topological polar surface area (TPSA) is 115 Å². The number of carboxylic acid groups (broad SMARTS) is 1. The van der Waals surface area contributed by atoms with Gasteiger partial charge in [-0.15, -0.1) is 6.58 Å². The molecule has 1 atom stereocenters. The molecule has 26 heavy (non-hydrogen) atoms. The second kappa shape index (κ2) is 9.36. The zero-order valence-electron chi connectivity index (χ0n) is 14.5. The van der Waals surface area contributed by atoms with Gasteiger partial charge in [0.1, 0.15) is 11.8 Å². The fourth-order valence-corrected chi connectivity index (χ4v) is 2.13. The molecule has 0 aliphatic rings. The number of rotatable bonds is 10. The highest BCUT2D eigenvalue weighted by molar-refractivity contribution is 5.96. The molecule has 1 heterocycles. The Hall–Kier alpha value is -3.16. The third-order valence-electron chi connectivity index (χ3n) is 3.56. The number of hydrogen-bond donors (Lipinski definition) is 2. The van der Waals surface area contributed by atoms with Gasteiger partial charge in [-0.25, -0.2) is 4.79 Å². The Balaban J connectivity index is 1.91. The van der Waals surface area contributed by atoms with Crippen molar-refractivity contribution in [1.29, 1.82) is 0 Å². The second-order valence-electron chi connectivity index (χ2n) is 5.50. The quantitative estimate of drug-likeness (QED) is 0.626. The van der Waals surface area contributed by atoms with Crippen LogP contribution in [0.3, 0.4) is 0 Å². The minimum atomic E-state index is -1.08. The van der Waals surface area contributed by atoms with Gasteiger partial charge in [0.2, 0.25) is 11.7 Å². The summed E-state index contributed by atoms with van der Waals surface area (Å²) in [5, 5.41) is 15.4. The third kappa shape index (κ3) is 5.44. The number of carbonyl (C=O) groups is 2. The highest BCUT2D eigenvalue weighted by Gasteiger charge is 2.19. The van der Waals surface area contributed by atoms with E-state index in [0.29, 0.717) is 35.9 Å². The number of carbonyl (C=O) groups excluding carboxylic acids is 1. The van der Waals surface area contributed by atoms with Crippen molar-refractivity contribution < 1.29 is 24.0 Å². The van der Waals surface area contributed by atoms with Gasteiger partial charge < -0.3 is 19.7 Å². The van der Waals surface area contributed by atoms with Crippen LogP contribution in [0, 0.1) is 0 Å². The van der Waals surface area contributed by atoms with Crippen LogP contribution >= 0.6 is 0 Å². The summed E-state index contributed by atoms with van der Waals surface area (Å²) in [6, 6.07) is 5.41. The third-order valence-corrected chi connectivity index (χ3v) is 3.56. The number of aliphatic carboxylic acids is 1. The van der Waals surface area contributed by atoms with Gasteiger partial charge in [0, 0.05) is 12.0 Å². The highest BCUT2D eigenvalue weighted by Crippen LogP contribution is 2.14. The fourth-order valence-electron chi connectivity index (χ4n) is 2.13. The lowest BCUT2D eigenvalue weighted by atomic mass is 10.1. The Bertz CT molecular complexity index is 754. The van der Waals surface area contributed by atoms with E-state index < -0.39 is 17.9 Å². The van der Waals surface area contributed by atoms with E-state index >= 15 is 0 Å². The fraction of sp³-hybridized carbons (Fsp3) is 0.333. The van der Waals surface area contributed by atoms with Crippen LogP contribution in [0.2, 0.25) is 0 Å². The minimum absolute atomic E-state index is 0.150. The predicted octanol–water partition coefficient (Wildman–Crippen LogP) is 2.36. The van der Waals surface area contributed by atoms with Crippen LogP contribution in [0.1, 0.15) is 41.8 Å². The molecule has 0 spiro atoms. The zero-order valence-corrected chi connectivity index (χ0v) is 14.5. The molecule has 8 nitrogen and oxygen atoms in total. The molecule has 0 radical (unpaired) electrons. The van der Waals surface area contributed by atoms with Crippen molar-refractivity contribution in [3.63, 3.8) is 0 Å². The molecule has 0 aliphatic heterocycles. The van der Waals surface area contributed by atoms with Gasteiger partial charge >= 0.3 is 5.97 Å². The molecule has 1 aromatic carbocycles. The number of allylic oxidation sites excluding steroid dienone is 1. The largest absolute Gasteiger partial charge is 0.485 e. The Morgan fingerprint density at radius 2 is 2.12 bits per heavy atom. The van der Waals surface area contributed by atoms with Gasteiger partial charge in [-0.1, -0.05) is 18.2 Å². The molecule has 2 aromatic rings. The average Bonchev–Trinajstić information content (AvgIpc) is 3.11. The van der Waals surface area contributed by atoms with Gasteiger partial charge in [-0.05, 0) is 37.1 Å². The van der Waals surface area contributed by atoms with Crippen molar-refractivity contribution in [2.75, 3.05) is 0 Å². The van der Waals surface area contributed by atoms with Crippen LogP contribution in [0.5, 0.6) is 5.75 Å². The van der Waals surface area contributed by atoms with Crippen LogP contribution in [0.25, 0.3) is 0 Å². The Morgan fingerprint density at radius 1 is 1.38 bits per heavy atom. The molecule has 2 rings (SSSR count). The van der Waals surface area contributed by atoms with Crippen LogP contribution < -0.4 is 10.1 Å². The van der Waals surface area contributed by atoms with Crippen LogP contribution in [-0.4, -0.2) is 33.2 Å². The number of ether oxygens (including phenoxy) is 1. The standard InChI is InChI=1S/C18H21N3O5/c1-3-5-6-14(18(23)24)19-17(22)12-7-9-13(10-8-12)25-11-15-20-16(4-2)26-21-15/h3,7-10,14H,1,4-6,11H2,2H3,(H,19,22)(H,23,24). The maximum absolute atomic E-state index is 12.2. The van der Waals surface area contributed by atoms with Crippen LogP contribution in [-0.2, 0) is 17.8 Å². The van der Waals surface area contributed by atoms with Gasteiger partial charge in [0.15, 0.2) is 6.61 Å². The molecule has 1 amide bonds. The first-order chi connectivity index (χ1) is 12.5. The van der Waals surface area contributed by atoms with Crippen molar-refractivity contribution in [1.82, 2.24) is 15.5 Å². The molecule has 1 aromatic heterocycles. The summed E-state index contributed by atoms with van der Waals surface area (Å²) in [5.74, 6) is -0.0217. The number of benzene rings is 1. The monoisotopic (exact) mass is 359 g/mol. The minimum Gasteiger partial charge on any atom is -0.485 e. The smallest absolute Gasteiger partial charge is 0.326 e. The summed E-state index contributed by atoms with van der Waals surface area (Å²) in [5.41, 5.74) is 0.343. The van der Waals surface area contributed by atoms with E-state index in [1.807, 2.05) is 6.92 Å². The number of nitrogens with zero attached hydrogens (tertiary/aromatic N) is 2. The SMILES string of the molecule is C=CCCC(NC(=O)c1ccc(OCc2noc(CC)n2)cc1)C(=O)O. The van der Waals surface area contributed by atoms with E-state index in [9.17, 15) is 9.59 Å². The molecular formula is C18H21N3O5. The number of aryl methyl sites for hydroxylation is 1. The molecule has 0 saturated carbocycles. The predicted molar refractivity (Wildman–Crippen MR) is 92.8 cm³/mol. The van der Waals surface area contributed by atoms with Crippen molar-refractivity contribution in [2.24, 2.45) is 0 Å². The molecule has 0 bridgehead atoms. The summed E-state index contributed by atoms with van der Waals surface area (Å²) in [6.07, 6.45) is 3.05. The van der Waals surface area contributed by atoms with Crippen LogP contribution in [0.4, 0.5) is 0 Å². The lowest BCUT2D eigenvalue weighted by molar-refractivity contribution is -0.139. The van der Waals surface area contributed by atoms with Crippen LogP contribution in [0.15, 0.2) is 41.4 Å². The zero-order chi connectivity index (χ0) is 18.9. The van der Waals surface area contributed by atoms with Gasteiger partial charge in [-0.2, -0.15) is 4.98 Å².